The third-order valence-electron chi connectivity index (χ3n) is 3.21. The summed E-state index contributed by atoms with van der Waals surface area (Å²) in [6.45, 7) is 6.38. The molecule has 1 amide bonds. The van der Waals surface area contributed by atoms with E-state index in [4.69, 9.17) is 0 Å². The molecule has 0 radical (unpaired) electrons. The van der Waals surface area contributed by atoms with Gasteiger partial charge in [0.15, 0.2) is 9.84 Å². The monoisotopic (exact) mass is 290 g/mol. The lowest BCUT2D eigenvalue weighted by atomic mass is 10.00. The molecular weight excluding hydrogens is 264 g/mol. The first-order chi connectivity index (χ1) is 8.89. The Kier molecular flexibility index (Phi) is 6.79. The van der Waals surface area contributed by atoms with E-state index < -0.39 is 9.84 Å². The summed E-state index contributed by atoms with van der Waals surface area (Å²) in [4.78, 5) is 11.6. The smallest absolute Gasteiger partial charge is 0.221 e. The van der Waals surface area contributed by atoms with Crippen molar-refractivity contribution in [1.29, 1.82) is 0 Å². The average Bonchev–Trinajstić information content (AvgIpc) is 2.34. The zero-order valence-electron chi connectivity index (χ0n) is 11.9. The van der Waals surface area contributed by atoms with Gasteiger partial charge < -0.3 is 10.6 Å². The van der Waals surface area contributed by atoms with Crippen LogP contribution >= 0.6 is 0 Å². The first kappa shape index (κ1) is 16.4. The Morgan fingerprint density at radius 2 is 2.16 bits per heavy atom. The van der Waals surface area contributed by atoms with Crippen molar-refractivity contribution in [3.05, 3.63) is 0 Å². The summed E-state index contributed by atoms with van der Waals surface area (Å²) in [6.07, 6.45) is 2.34. The summed E-state index contributed by atoms with van der Waals surface area (Å²) < 4.78 is 23.3. The SMILES string of the molecule is CC(C)CS(=O)(=O)CCC(=O)NCC1CCCNC1. The lowest BCUT2D eigenvalue weighted by Crippen LogP contribution is -2.38. The number of rotatable bonds is 7. The Bertz CT molecular complexity index is 373. The fourth-order valence-corrected chi connectivity index (χ4v) is 3.96. The van der Waals surface area contributed by atoms with Gasteiger partial charge in [0.2, 0.25) is 5.91 Å². The van der Waals surface area contributed by atoms with E-state index in [2.05, 4.69) is 10.6 Å². The first-order valence-corrected chi connectivity index (χ1v) is 8.89. The minimum Gasteiger partial charge on any atom is -0.356 e. The predicted octanol–water partition coefficient (Wildman–Crippen LogP) is 0.563. The van der Waals surface area contributed by atoms with Gasteiger partial charge in [-0.3, -0.25) is 4.79 Å². The molecule has 1 heterocycles. The van der Waals surface area contributed by atoms with Gasteiger partial charge >= 0.3 is 0 Å². The highest BCUT2D eigenvalue weighted by molar-refractivity contribution is 7.91. The highest BCUT2D eigenvalue weighted by Gasteiger charge is 2.17. The van der Waals surface area contributed by atoms with Crippen molar-refractivity contribution in [1.82, 2.24) is 10.6 Å². The van der Waals surface area contributed by atoms with Gasteiger partial charge in [-0.2, -0.15) is 0 Å². The van der Waals surface area contributed by atoms with Gasteiger partial charge in [0, 0.05) is 13.0 Å². The zero-order chi connectivity index (χ0) is 14.3. The molecule has 5 nitrogen and oxygen atoms in total. The van der Waals surface area contributed by atoms with E-state index in [1.165, 1.54) is 0 Å². The number of carbonyl (C=O) groups is 1. The molecule has 19 heavy (non-hydrogen) atoms. The van der Waals surface area contributed by atoms with Crippen LogP contribution in [0.3, 0.4) is 0 Å². The third-order valence-corrected chi connectivity index (χ3v) is 5.21. The molecule has 1 aliphatic heterocycles. The minimum atomic E-state index is -3.09. The molecule has 0 aromatic carbocycles. The summed E-state index contributed by atoms with van der Waals surface area (Å²) in [7, 11) is -3.09. The van der Waals surface area contributed by atoms with Crippen LogP contribution in [0.1, 0.15) is 33.1 Å². The standard InChI is InChI=1S/C13H26N2O3S/c1-11(2)10-19(17,18)7-5-13(16)15-9-12-4-3-6-14-8-12/h11-12,14H,3-10H2,1-2H3,(H,15,16). The number of amides is 1. The van der Waals surface area contributed by atoms with Crippen LogP contribution in [-0.2, 0) is 14.6 Å². The highest BCUT2D eigenvalue weighted by atomic mass is 32.2. The second-order valence-electron chi connectivity index (χ2n) is 5.77. The van der Waals surface area contributed by atoms with Crippen LogP contribution in [0.2, 0.25) is 0 Å². The second-order valence-corrected chi connectivity index (χ2v) is 8.00. The molecule has 1 rings (SSSR count). The van der Waals surface area contributed by atoms with Crippen LogP contribution in [0.4, 0.5) is 0 Å². The maximum absolute atomic E-state index is 11.7. The molecule has 0 saturated carbocycles. The lowest BCUT2D eigenvalue weighted by Gasteiger charge is -2.22. The van der Waals surface area contributed by atoms with Crippen molar-refractivity contribution in [2.75, 3.05) is 31.1 Å². The van der Waals surface area contributed by atoms with Gasteiger partial charge in [-0.05, 0) is 37.8 Å². The van der Waals surface area contributed by atoms with Crippen molar-refractivity contribution in [3.8, 4) is 0 Å². The summed E-state index contributed by atoms with van der Waals surface area (Å²) >= 11 is 0. The highest BCUT2D eigenvalue weighted by Crippen LogP contribution is 2.08. The van der Waals surface area contributed by atoms with E-state index in [9.17, 15) is 13.2 Å². The molecule has 0 spiro atoms. The van der Waals surface area contributed by atoms with Crippen LogP contribution in [0.25, 0.3) is 0 Å². The maximum Gasteiger partial charge on any atom is 0.221 e. The minimum absolute atomic E-state index is 0.0417. The van der Waals surface area contributed by atoms with E-state index in [-0.39, 0.29) is 29.8 Å². The molecule has 1 aliphatic rings. The molecule has 112 valence electrons. The Hall–Kier alpha value is -0.620. The zero-order valence-corrected chi connectivity index (χ0v) is 12.8. The molecule has 1 atom stereocenters. The number of hydrogen-bond acceptors (Lipinski definition) is 4. The number of carbonyl (C=O) groups excluding carboxylic acids is 1. The fourth-order valence-electron chi connectivity index (χ4n) is 2.28. The fraction of sp³-hybridized carbons (Fsp3) is 0.923. The molecule has 6 heteroatoms. The Morgan fingerprint density at radius 3 is 2.74 bits per heavy atom. The van der Waals surface area contributed by atoms with Gasteiger partial charge in [0.05, 0.1) is 11.5 Å². The van der Waals surface area contributed by atoms with Crippen molar-refractivity contribution in [3.63, 3.8) is 0 Å². The number of hydrogen-bond donors (Lipinski definition) is 2. The van der Waals surface area contributed by atoms with Crippen LogP contribution in [0.15, 0.2) is 0 Å². The van der Waals surface area contributed by atoms with Gasteiger partial charge in [-0.1, -0.05) is 13.8 Å². The van der Waals surface area contributed by atoms with Gasteiger partial charge in [-0.15, -0.1) is 0 Å². The summed E-state index contributed by atoms with van der Waals surface area (Å²) in [6, 6.07) is 0. The van der Waals surface area contributed by atoms with E-state index in [0.29, 0.717) is 12.5 Å². The maximum atomic E-state index is 11.7. The summed E-state index contributed by atoms with van der Waals surface area (Å²) in [5, 5.41) is 6.12. The molecule has 2 N–H and O–H groups in total. The van der Waals surface area contributed by atoms with Gasteiger partial charge in [0.1, 0.15) is 0 Å². The van der Waals surface area contributed by atoms with Crippen molar-refractivity contribution < 1.29 is 13.2 Å². The van der Waals surface area contributed by atoms with Crippen LogP contribution in [0, 0.1) is 11.8 Å². The topological polar surface area (TPSA) is 75.3 Å². The van der Waals surface area contributed by atoms with E-state index in [1.54, 1.807) is 0 Å². The van der Waals surface area contributed by atoms with E-state index in [1.807, 2.05) is 13.8 Å². The molecule has 0 bridgehead atoms. The molecule has 1 unspecified atom stereocenters. The molecule has 0 aromatic heterocycles. The first-order valence-electron chi connectivity index (χ1n) is 7.07. The normalized spacial score (nSPS) is 20.5. The van der Waals surface area contributed by atoms with Crippen LogP contribution in [0.5, 0.6) is 0 Å². The van der Waals surface area contributed by atoms with Crippen LogP contribution < -0.4 is 10.6 Å². The lowest BCUT2D eigenvalue weighted by molar-refractivity contribution is -0.120. The number of sulfone groups is 1. The average molecular weight is 290 g/mol. The summed E-state index contributed by atoms with van der Waals surface area (Å²) in [5.74, 6) is 0.552. The molecule has 0 aromatic rings. The Labute approximate surface area is 116 Å². The third kappa shape index (κ3) is 7.52. The van der Waals surface area contributed by atoms with Gasteiger partial charge in [-0.25, -0.2) is 8.42 Å². The Balaban J connectivity index is 2.20. The van der Waals surface area contributed by atoms with Crippen LogP contribution in [-0.4, -0.2) is 45.5 Å². The second kappa shape index (κ2) is 7.85. The Morgan fingerprint density at radius 1 is 1.42 bits per heavy atom. The summed E-state index contributed by atoms with van der Waals surface area (Å²) in [5.41, 5.74) is 0. The molecule has 1 saturated heterocycles. The number of piperidine rings is 1. The number of nitrogens with one attached hydrogen (secondary N) is 2. The quantitative estimate of drug-likeness (QED) is 0.718. The van der Waals surface area contributed by atoms with Gasteiger partial charge in [0.25, 0.3) is 0 Å². The van der Waals surface area contributed by atoms with Crippen molar-refractivity contribution in [2.24, 2.45) is 11.8 Å². The van der Waals surface area contributed by atoms with E-state index in [0.717, 1.165) is 25.9 Å². The van der Waals surface area contributed by atoms with Crippen molar-refractivity contribution >= 4 is 15.7 Å². The van der Waals surface area contributed by atoms with E-state index >= 15 is 0 Å². The predicted molar refractivity (Wildman–Crippen MR) is 76.7 cm³/mol. The molecule has 0 aliphatic carbocycles. The van der Waals surface area contributed by atoms with Crippen molar-refractivity contribution in [2.45, 2.75) is 33.1 Å². The largest absolute Gasteiger partial charge is 0.356 e. The molecule has 1 fully saturated rings. The molecular formula is C13H26N2O3S.